The summed E-state index contributed by atoms with van der Waals surface area (Å²) in [7, 11) is 0. The van der Waals surface area contributed by atoms with Crippen molar-refractivity contribution in [2.45, 2.75) is 111 Å². The molecular formula is C26H39N4O4. The summed E-state index contributed by atoms with van der Waals surface area (Å²) in [5, 5.41) is 0. The molecule has 187 valence electrons. The molecule has 1 aliphatic carbocycles. The first kappa shape index (κ1) is 26.0. The molecule has 2 aromatic rings. The van der Waals surface area contributed by atoms with Crippen molar-refractivity contribution >= 4 is 29.0 Å². The normalized spacial score (nSPS) is 14.1. The molecule has 2 amide bonds. The fourth-order valence-corrected chi connectivity index (χ4v) is 4.19. The first-order valence-electron chi connectivity index (χ1n) is 12.3. The fourth-order valence-electron chi connectivity index (χ4n) is 4.19. The number of nitrogens with zero attached hydrogens (tertiary/aromatic N) is 4. The molecule has 8 heteroatoms. The van der Waals surface area contributed by atoms with E-state index in [0.29, 0.717) is 12.1 Å². The van der Waals surface area contributed by atoms with E-state index in [4.69, 9.17) is 19.4 Å². The maximum atomic E-state index is 13.3. The molecule has 8 nitrogen and oxygen atoms in total. The highest BCUT2D eigenvalue weighted by Gasteiger charge is 2.37. The lowest BCUT2D eigenvalue weighted by Gasteiger charge is -2.29. The van der Waals surface area contributed by atoms with Gasteiger partial charge in [0.05, 0.1) is 5.52 Å². The minimum Gasteiger partial charge on any atom is -0.443 e. The number of hydrogen-bond acceptors (Lipinski definition) is 6. The maximum absolute atomic E-state index is 13.3. The summed E-state index contributed by atoms with van der Waals surface area (Å²) in [4.78, 5) is 37.4. The minimum absolute atomic E-state index is 0.170. The van der Waals surface area contributed by atoms with Crippen LogP contribution in [-0.2, 0) is 35.3 Å². The van der Waals surface area contributed by atoms with E-state index >= 15 is 0 Å². The maximum Gasteiger partial charge on any atom is 0.425 e. The molecule has 0 aliphatic heterocycles. The summed E-state index contributed by atoms with van der Waals surface area (Å²) in [5.74, 6) is 1.06. The number of fused-ring (bicyclic) bond motifs is 3. The van der Waals surface area contributed by atoms with Gasteiger partial charge in [-0.3, -0.25) is 0 Å². The van der Waals surface area contributed by atoms with Crippen LogP contribution < -0.4 is 4.90 Å². The highest BCUT2D eigenvalue weighted by atomic mass is 16.6. The lowest BCUT2D eigenvalue weighted by Crippen LogP contribution is -2.44. The molecule has 2 heterocycles. The predicted octanol–water partition coefficient (Wildman–Crippen LogP) is 6.16. The monoisotopic (exact) mass is 471 g/mol. The smallest absolute Gasteiger partial charge is 0.425 e. The molecule has 0 spiro atoms. The van der Waals surface area contributed by atoms with E-state index in [0.717, 1.165) is 72.4 Å². The Morgan fingerprint density at radius 2 is 1.59 bits per heavy atom. The Bertz CT molecular complexity index is 1030. The molecule has 1 aliphatic rings. The number of anilines is 1. The quantitative estimate of drug-likeness (QED) is 0.519. The highest BCUT2D eigenvalue weighted by molar-refractivity contribution is 6.13. The van der Waals surface area contributed by atoms with Crippen molar-refractivity contribution in [2.75, 3.05) is 4.90 Å². The van der Waals surface area contributed by atoms with Crippen molar-refractivity contribution in [1.82, 2.24) is 14.5 Å². The summed E-state index contributed by atoms with van der Waals surface area (Å²) >= 11 is 0. The second-order valence-corrected chi connectivity index (χ2v) is 10.8. The lowest BCUT2D eigenvalue weighted by atomic mass is 9.94. The fraction of sp³-hybridized carbons (Fsp3) is 0.654. The Balaban J connectivity index is 2.28. The molecule has 1 radical (unpaired) electrons. The average molecular weight is 472 g/mol. The van der Waals surface area contributed by atoms with Gasteiger partial charge in [-0.15, -0.1) is 0 Å². The average Bonchev–Trinajstić information content (AvgIpc) is 3.08. The summed E-state index contributed by atoms with van der Waals surface area (Å²) in [5.41, 5.74) is 1.86. The van der Waals surface area contributed by atoms with Gasteiger partial charge in [0.2, 0.25) is 0 Å². The van der Waals surface area contributed by atoms with Crippen molar-refractivity contribution in [3.63, 3.8) is 0 Å². The van der Waals surface area contributed by atoms with E-state index in [1.807, 2.05) is 0 Å². The SMILES string of the molecule is [CH2]Cn1c(CCCC)nc2c(N(C(=O)OC(C)(C)C)C(=O)OC(C)(C)C)nc3c(c21)CCCC3. The second-order valence-electron chi connectivity index (χ2n) is 10.8. The van der Waals surface area contributed by atoms with Gasteiger partial charge in [-0.1, -0.05) is 13.3 Å². The minimum atomic E-state index is -0.828. The number of pyridine rings is 1. The van der Waals surface area contributed by atoms with Crippen molar-refractivity contribution in [3.05, 3.63) is 24.0 Å². The molecule has 0 atom stereocenters. The number of amides is 2. The van der Waals surface area contributed by atoms with Crippen molar-refractivity contribution in [3.8, 4) is 0 Å². The van der Waals surface area contributed by atoms with E-state index < -0.39 is 23.4 Å². The second kappa shape index (κ2) is 9.92. The van der Waals surface area contributed by atoms with Gasteiger partial charge in [-0.25, -0.2) is 19.6 Å². The van der Waals surface area contributed by atoms with Gasteiger partial charge in [0.15, 0.2) is 5.82 Å². The molecule has 0 saturated carbocycles. The summed E-state index contributed by atoms with van der Waals surface area (Å²) in [6, 6.07) is 0. The first-order chi connectivity index (χ1) is 15.9. The highest BCUT2D eigenvalue weighted by Crippen LogP contribution is 2.35. The van der Waals surface area contributed by atoms with Gasteiger partial charge in [-0.2, -0.15) is 4.90 Å². The first-order valence-corrected chi connectivity index (χ1v) is 12.3. The molecule has 0 unspecified atom stereocenters. The van der Waals surface area contributed by atoms with Gasteiger partial charge >= 0.3 is 12.2 Å². The Kier molecular flexibility index (Phi) is 7.58. The molecule has 0 aromatic carbocycles. The van der Waals surface area contributed by atoms with Crippen LogP contribution in [0.2, 0.25) is 0 Å². The zero-order valence-corrected chi connectivity index (χ0v) is 21.8. The predicted molar refractivity (Wildman–Crippen MR) is 133 cm³/mol. The Hall–Kier alpha value is -2.64. The van der Waals surface area contributed by atoms with E-state index in [-0.39, 0.29) is 5.82 Å². The number of aryl methyl sites for hydroxylation is 3. The van der Waals surface area contributed by atoms with Crippen LogP contribution in [0.4, 0.5) is 15.4 Å². The van der Waals surface area contributed by atoms with Crippen LogP contribution >= 0.6 is 0 Å². The largest absolute Gasteiger partial charge is 0.443 e. The molecule has 0 fully saturated rings. The van der Waals surface area contributed by atoms with E-state index in [1.165, 1.54) is 0 Å². The molecule has 0 saturated heterocycles. The van der Waals surface area contributed by atoms with E-state index in [2.05, 4.69) is 18.4 Å². The van der Waals surface area contributed by atoms with E-state index in [1.54, 1.807) is 41.5 Å². The topological polar surface area (TPSA) is 86.6 Å². The third-order valence-electron chi connectivity index (χ3n) is 5.57. The number of hydrogen-bond donors (Lipinski definition) is 0. The van der Waals surface area contributed by atoms with E-state index in [9.17, 15) is 9.59 Å². The van der Waals surface area contributed by atoms with Gasteiger partial charge < -0.3 is 14.0 Å². The number of ether oxygens (including phenoxy) is 2. The summed E-state index contributed by atoms with van der Waals surface area (Å²) in [6.07, 6.45) is 4.88. The van der Waals surface area contributed by atoms with Crippen molar-refractivity contribution in [1.29, 1.82) is 0 Å². The zero-order chi connectivity index (χ0) is 25.3. The molecule has 3 rings (SSSR count). The molecule has 34 heavy (non-hydrogen) atoms. The summed E-state index contributed by atoms with van der Waals surface area (Å²) < 4.78 is 13.3. The number of carbonyl (C=O) groups excluding carboxylic acids is 2. The standard InChI is InChI=1S/C26H39N4O4/c1-9-11-16-19-28-20-21(29(19)10-2)17-14-12-13-15-18(17)27-22(20)30(23(31)33-25(3,4)5)24(32)34-26(6,7)8/h2,9-16H2,1,3-8H3. The van der Waals surface area contributed by atoms with Crippen LogP contribution in [0.5, 0.6) is 0 Å². The van der Waals surface area contributed by atoms with Crippen LogP contribution in [0, 0.1) is 6.92 Å². The van der Waals surface area contributed by atoms with Crippen LogP contribution in [0.3, 0.4) is 0 Å². The van der Waals surface area contributed by atoms with Crippen molar-refractivity contribution < 1.29 is 19.1 Å². The van der Waals surface area contributed by atoms with Crippen LogP contribution in [0.1, 0.15) is 91.2 Å². The number of imide groups is 1. The van der Waals surface area contributed by atoms with Gasteiger partial charge in [0, 0.05) is 18.7 Å². The Morgan fingerprint density at radius 1 is 1.00 bits per heavy atom. The molecular weight excluding hydrogens is 432 g/mol. The number of carbonyl (C=O) groups is 2. The van der Waals surface area contributed by atoms with Crippen LogP contribution in [0.15, 0.2) is 0 Å². The number of aromatic nitrogens is 3. The Labute approximate surface area is 203 Å². The lowest BCUT2D eigenvalue weighted by molar-refractivity contribution is 0.0429. The number of unbranched alkanes of at least 4 members (excludes halogenated alkanes) is 1. The van der Waals surface area contributed by atoms with Crippen LogP contribution in [-0.4, -0.2) is 37.9 Å². The number of imidazole rings is 1. The molecule has 2 aromatic heterocycles. The third-order valence-corrected chi connectivity index (χ3v) is 5.57. The molecule has 0 N–H and O–H groups in total. The van der Waals surface area contributed by atoms with Crippen molar-refractivity contribution in [2.24, 2.45) is 0 Å². The number of rotatable bonds is 5. The summed E-state index contributed by atoms with van der Waals surface area (Å²) in [6.45, 7) is 17.3. The zero-order valence-electron chi connectivity index (χ0n) is 21.8. The van der Waals surface area contributed by atoms with Gasteiger partial charge in [-0.05, 0) is 86.1 Å². The Morgan fingerprint density at radius 3 is 2.12 bits per heavy atom. The van der Waals surface area contributed by atoms with Gasteiger partial charge in [0.1, 0.15) is 22.5 Å². The third kappa shape index (κ3) is 5.70. The van der Waals surface area contributed by atoms with Crippen LogP contribution in [0.25, 0.3) is 11.0 Å². The van der Waals surface area contributed by atoms with Gasteiger partial charge in [0.25, 0.3) is 0 Å². The molecule has 0 bridgehead atoms.